The van der Waals surface area contributed by atoms with Crippen molar-refractivity contribution in [2.45, 2.75) is 57.6 Å². The Bertz CT molecular complexity index is 411. The van der Waals surface area contributed by atoms with Gasteiger partial charge in [-0.15, -0.1) is 0 Å². The van der Waals surface area contributed by atoms with Crippen molar-refractivity contribution in [1.82, 2.24) is 10.6 Å². The first kappa shape index (κ1) is 15.9. The highest BCUT2D eigenvalue weighted by molar-refractivity contribution is 5.74. The topological polar surface area (TPSA) is 74.5 Å². The molecule has 118 valence electrons. The number of amides is 2. The third-order valence-corrected chi connectivity index (χ3v) is 4.21. The van der Waals surface area contributed by atoms with Gasteiger partial charge in [0.25, 0.3) is 0 Å². The van der Waals surface area contributed by atoms with E-state index in [1.54, 1.807) is 12.1 Å². The first-order valence-corrected chi connectivity index (χ1v) is 7.94. The number of carbonyl (C=O) groups is 1. The van der Waals surface area contributed by atoms with E-state index in [1.165, 1.54) is 31.9 Å². The van der Waals surface area contributed by atoms with Crippen LogP contribution in [0.1, 0.15) is 57.3 Å². The fraction of sp³-hybridized carbons (Fsp3) is 0.688. The van der Waals surface area contributed by atoms with Gasteiger partial charge in [0.15, 0.2) is 0 Å². The Balaban J connectivity index is 1.64. The number of rotatable bonds is 6. The van der Waals surface area contributed by atoms with Gasteiger partial charge < -0.3 is 20.2 Å². The maximum absolute atomic E-state index is 11.8. The van der Waals surface area contributed by atoms with Crippen LogP contribution in [-0.4, -0.2) is 23.7 Å². The Labute approximate surface area is 126 Å². The van der Waals surface area contributed by atoms with Crippen molar-refractivity contribution in [2.24, 2.45) is 5.92 Å². The standard InChI is InChI=1S/C16H26N2O3/c1-2-4-12-6-8-13(9-7-12)18-16(20)17-11-14(19)15-5-3-10-21-15/h3,5,10,12-14,19H,2,4,6-9,11H2,1H3,(H2,17,18,20). The third kappa shape index (κ3) is 5.08. The molecule has 1 saturated carbocycles. The molecule has 1 atom stereocenters. The molecular formula is C16H26N2O3. The fourth-order valence-corrected chi connectivity index (χ4v) is 3.01. The van der Waals surface area contributed by atoms with Gasteiger partial charge in [0.1, 0.15) is 11.9 Å². The van der Waals surface area contributed by atoms with Crippen LogP contribution in [0.25, 0.3) is 0 Å². The lowest BCUT2D eigenvalue weighted by Gasteiger charge is -2.29. The molecule has 21 heavy (non-hydrogen) atoms. The van der Waals surface area contributed by atoms with Gasteiger partial charge in [-0.1, -0.05) is 19.8 Å². The molecule has 0 bridgehead atoms. The second-order valence-electron chi connectivity index (χ2n) is 5.89. The van der Waals surface area contributed by atoms with Gasteiger partial charge in [-0.25, -0.2) is 4.79 Å². The third-order valence-electron chi connectivity index (χ3n) is 4.21. The lowest BCUT2D eigenvalue weighted by molar-refractivity contribution is 0.147. The van der Waals surface area contributed by atoms with Crippen molar-refractivity contribution in [3.05, 3.63) is 24.2 Å². The molecule has 2 rings (SSSR count). The van der Waals surface area contributed by atoms with E-state index in [1.807, 2.05) is 0 Å². The maximum Gasteiger partial charge on any atom is 0.315 e. The van der Waals surface area contributed by atoms with E-state index in [0.717, 1.165) is 18.8 Å². The first-order chi connectivity index (χ1) is 10.2. The molecule has 3 N–H and O–H groups in total. The normalized spacial score (nSPS) is 23.5. The van der Waals surface area contributed by atoms with Crippen LogP contribution < -0.4 is 10.6 Å². The predicted molar refractivity (Wildman–Crippen MR) is 80.9 cm³/mol. The summed E-state index contributed by atoms with van der Waals surface area (Å²) in [5, 5.41) is 15.5. The van der Waals surface area contributed by atoms with Gasteiger partial charge in [0.2, 0.25) is 0 Å². The molecule has 1 unspecified atom stereocenters. The number of urea groups is 1. The minimum absolute atomic E-state index is 0.157. The molecule has 2 amide bonds. The zero-order valence-electron chi connectivity index (χ0n) is 12.7. The average molecular weight is 294 g/mol. The lowest BCUT2D eigenvalue weighted by Crippen LogP contribution is -2.44. The molecule has 0 saturated heterocycles. The summed E-state index contributed by atoms with van der Waals surface area (Å²) in [5.74, 6) is 1.30. The van der Waals surface area contributed by atoms with Crippen LogP contribution >= 0.6 is 0 Å². The van der Waals surface area contributed by atoms with Crippen molar-refractivity contribution in [3.63, 3.8) is 0 Å². The van der Waals surface area contributed by atoms with E-state index in [0.29, 0.717) is 5.76 Å². The molecule has 1 aliphatic rings. The second kappa shape index (κ2) is 8.08. The van der Waals surface area contributed by atoms with Gasteiger partial charge in [-0.2, -0.15) is 0 Å². The van der Waals surface area contributed by atoms with Crippen LogP contribution in [-0.2, 0) is 0 Å². The summed E-state index contributed by atoms with van der Waals surface area (Å²) >= 11 is 0. The van der Waals surface area contributed by atoms with Gasteiger partial charge in [-0.05, 0) is 43.7 Å². The van der Waals surface area contributed by atoms with Crippen molar-refractivity contribution in [3.8, 4) is 0 Å². The quantitative estimate of drug-likeness (QED) is 0.755. The zero-order chi connectivity index (χ0) is 15.1. The number of aliphatic hydroxyl groups is 1. The van der Waals surface area contributed by atoms with Gasteiger partial charge in [-0.3, -0.25) is 0 Å². The molecule has 0 radical (unpaired) electrons. The number of carbonyl (C=O) groups excluding carboxylic acids is 1. The Morgan fingerprint density at radius 3 is 2.81 bits per heavy atom. The van der Waals surface area contributed by atoms with Crippen LogP contribution in [0.15, 0.2) is 22.8 Å². The minimum Gasteiger partial charge on any atom is -0.467 e. The van der Waals surface area contributed by atoms with Crippen LogP contribution in [0.4, 0.5) is 4.79 Å². The number of hydrogen-bond donors (Lipinski definition) is 3. The van der Waals surface area contributed by atoms with E-state index in [-0.39, 0.29) is 18.6 Å². The van der Waals surface area contributed by atoms with Crippen molar-refractivity contribution in [2.75, 3.05) is 6.54 Å². The molecule has 5 heteroatoms. The van der Waals surface area contributed by atoms with Crippen molar-refractivity contribution >= 4 is 6.03 Å². The predicted octanol–water partition coefficient (Wildman–Crippen LogP) is 2.97. The average Bonchev–Trinajstić information content (AvgIpc) is 3.01. The van der Waals surface area contributed by atoms with Gasteiger partial charge in [0.05, 0.1) is 12.8 Å². The number of nitrogens with one attached hydrogen (secondary N) is 2. The molecule has 1 aromatic rings. The summed E-state index contributed by atoms with van der Waals surface area (Å²) in [6.07, 6.45) is 7.76. The van der Waals surface area contributed by atoms with E-state index >= 15 is 0 Å². The summed E-state index contributed by atoms with van der Waals surface area (Å²) in [6, 6.07) is 3.46. The van der Waals surface area contributed by atoms with Crippen LogP contribution in [0.3, 0.4) is 0 Å². The minimum atomic E-state index is -0.800. The SMILES string of the molecule is CCCC1CCC(NC(=O)NCC(O)c2ccco2)CC1. The molecule has 0 spiro atoms. The van der Waals surface area contributed by atoms with E-state index in [4.69, 9.17) is 4.42 Å². The Morgan fingerprint density at radius 2 is 2.19 bits per heavy atom. The summed E-state index contributed by atoms with van der Waals surface area (Å²) in [6.45, 7) is 2.38. The monoisotopic (exact) mass is 294 g/mol. The molecule has 0 aliphatic heterocycles. The zero-order valence-corrected chi connectivity index (χ0v) is 12.7. The van der Waals surface area contributed by atoms with E-state index in [9.17, 15) is 9.90 Å². The second-order valence-corrected chi connectivity index (χ2v) is 5.89. The largest absolute Gasteiger partial charge is 0.467 e. The number of hydrogen-bond acceptors (Lipinski definition) is 3. The molecule has 1 aromatic heterocycles. The summed E-state index contributed by atoms with van der Waals surface area (Å²) < 4.78 is 5.09. The molecule has 1 heterocycles. The van der Waals surface area contributed by atoms with Crippen LogP contribution in [0, 0.1) is 5.92 Å². The number of aliphatic hydroxyl groups excluding tert-OH is 1. The number of furan rings is 1. The molecule has 0 aromatic carbocycles. The van der Waals surface area contributed by atoms with E-state index in [2.05, 4.69) is 17.6 Å². The Hall–Kier alpha value is -1.49. The Kier molecular flexibility index (Phi) is 6.11. The smallest absolute Gasteiger partial charge is 0.315 e. The highest BCUT2D eigenvalue weighted by Crippen LogP contribution is 2.27. The van der Waals surface area contributed by atoms with Crippen molar-refractivity contribution in [1.29, 1.82) is 0 Å². The Morgan fingerprint density at radius 1 is 1.43 bits per heavy atom. The van der Waals surface area contributed by atoms with E-state index < -0.39 is 6.10 Å². The van der Waals surface area contributed by atoms with Crippen LogP contribution in [0.2, 0.25) is 0 Å². The molecule has 1 fully saturated rings. The maximum atomic E-state index is 11.8. The van der Waals surface area contributed by atoms with Gasteiger partial charge in [0, 0.05) is 6.04 Å². The summed E-state index contributed by atoms with van der Waals surface area (Å²) in [5.41, 5.74) is 0. The molecular weight excluding hydrogens is 268 g/mol. The summed E-state index contributed by atoms with van der Waals surface area (Å²) in [4.78, 5) is 11.8. The fourth-order valence-electron chi connectivity index (χ4n) is 3.01. The molecule has 1 aliphatic carbocycles. The highest BCUT2D eigenvalue weighted by Gasteiger charge is 2.22. The van der Waals surface area contributed by atoms with Crippen molar-refractivity contribution < 1.29 is 14.3 Å². The van der Waals surface area contributed by atoms with Crippen LogP contribution in [0.5, 0.6) is 0 Å². The lowest BCUT2D eigenvalue weighted by atomic mass is 9.83. The van der Waals surface area contributed by atoms with Gasteiger partial charge >= 0.3 is 6.03 Å². The first-order valence-electron chi connectivity index (χ1n) is 7.94. The highest BCUT2D eigenvalue weighted by atomic mass is 16.4. The molecule has 5 nitrogen and oxygen atoms in total. The summed E-state index contributed by atoms with van der Waals surface area (Å²) in [7, 11) is 0.